The summed E-state index contributed by atoms with van der Waals surface area (Å²) in [7, 11) is 0. The molecule has 2 heterocycles. The average Bonchev–Trinajstić information content (AvgIpc) is 3.31. The molecule has 0 saturated heterocycles. The molecule has 0 unspecified atom stereocenters. The van der Waals surface area contributed by atoms with Crippen LogP contribution in [0.2, 0.25) is 0 Å². The third-order valence-electron chi connectivity index (χ3n) is 3.31. The first-order chi connectivity index (χ1) is 10.1. The van der Waals surface area contributed by atoms with Gasteiger partial charge in [-0.15, -0.1) is 0 Å². The van der Waals surface area contributed by atoms with Crippen LogP contribution in [-0.4, -0.2) is 25.6 Å². The van der Waals surface area contributed by atoms with Crippen molar-refractivity contribution in [3.05, 3.63) is 52.3 Å². The summed E-state index contributed by atoms with van der Waals surface area (Å²) < 4.78 is 1.70. The topological polar surface area (TPSA) is 97.1 Å². The third kappa shape index (κ3) is 2.91. The largest absolute Gasteiger partial charge is 0.477 e. The first kappa shape index (κ1) is 13.3. The van der Waals surface area contributed by atoms with Crippen molar-refractivity contribution in [2.24, 2.45) is 0 Å². The number of aromatic carboxylic acids is 1. The molecule has 1 aliphatic carbocycles. The van der Waals surface area contributed by atoms with Gasteiger partial charge in [-0.3, -0.25) is 4.79 Å². The lowest BCUT2D eigenvalue weighted by molar-refractivity contribution is 0.0690. The standard InChI is InChI=1S/C14H14N4O3/c19-13-12(15-5-6-18(13)10-2-3-10)17-8-9-1-4-11(14(20)21)16-7-9/h1,4-7,10H,2-3,8H2,(H,15,17)(H,20,21). The van der Waals surface area contributed by atoms with Crippen molar-refractivity contribution in [2.45, 2.75) is 25.4 Å². The maximum Gasteiger partial charge on any atom is 0.354 e. The van der Waals surface area contributed by atoms with Crippen LogP contribution in [0.15, 0.2) is 35.5 Å². The molecule has 0 bridgehead atoms. The molecule has 21 heavy (non-hydrogen) atoms. The summed E-state index contributed by atoms with van der Waals surface area (Å²) in [6.45, 7) is 0.365. The van der Waals surface area contributed by atoms with E-state index in [1.807, 2.05) is 0 Å². The van der Waals surface area contributed by atoms with Gasteiger partial charge in [0.2, 0.25) is 0 Å². The Labute approximate surface area is 120 Å². The van der Waals surface area contributed by atoms with Gasteiger partial charge in [0.15, 0.2) is 5.82 Å². The molecule has 2 N–H and O–H groups in total. The Morgan fingerprint density at radius 1 is 1.38 bits per heavy atom. The van der Waals surface area contributed by atoms with Crippen LogP contribution in [0.1, 0.15) is 34.9 Å². The monoisotopic (exact) mass is 286 g/mol. The van der Waals surface area contributed by atoms with Gasteiger partial charge in [-0.1, -0.05) is 6.07 Å². The zero-order valence-corrected chi connectivity index (χ0v) is 11.2. The minimum Gasteiger partial charge on any atom is -0.477 e. The lowest BCUT2D eigenvalue weighted by Gasteiger charge is -2.08. The van der Waals surface area contributed by atoms with Crippen molar-refractivity contribution < 1.29 is 9.90 Å². The number of carboxylic acids is 1. The van der Waals surface area contributed by atoms with E-state index in [0.29, 0.717) is 18.4 Å². The fourth-order valence-corrected chi connectivity index (χ4v) is 2.03. The first-order valence-corrected chi connectivity index (χ1v) is 6.64. The van der Waals surface area contributed by atoms with E-state index in [0.717, 1.165) is 18.4 Å². The number of anilines is 1. The molecule has 0 atom stereocenters. The van der Waals surface area contributed by atoms with Gasteiger partial charge >= 0.3 is 5.97 Å². The maximum atomic E-state index is 12.2. The molecule has 0 aliphatic heterocycles. The Kier molecular flexibility index (Phi) is 3.39. The number of nitrogens with one attached hydrogen (secondary N) is 1. The minimum absolute atomic E-state index is 0.00678. The number of carboxylic acid groups (broad SMARTS) is 1. The van der Waals surface area contributed by atoms with E-state index in [-0.39, 0.29) is 11.3 Å². The molecule has 108 valence electrons. The van der Waals surface area contributed by atoms with Gasteiger partial charge < -0.3 is 15.0 Å². The molecule has 0 aromatic carbocycles. The Morgan fingerprint density at radius 2 is 2.19 bits per heavy atom. The molecule has 1 fully saturated rings. The van der Waals surface area contributed by atoms with E-state index in [1.165, 1.54) is 12.3 Å². The number of hydrogen-bond donors (Lipinski definition) is 2. The number of carbonyl (C=O) groups is 1. The van der Waals surface area contributed by atoms with E-state index in [9.17, 15) is 9.59 Å². The Hall–Kier alpha value is -2.70. The fourth-order valence-electron chi connectivity index (χ4n) is 2.03. The number of rotatable bonds is 5. The predicted octanol–water partition coefficient (Wildman–Crippen LogP) is 1.28. The van der Waals surface area contributed by atoms with Crippen LogP contribution in [0, 0.1) is 0 Å². The van der Waals surface area contributed by atoms with Crippen LogP contribution in [0.4, 0.5) is 5.82 Å². The van der Waals surface area contributed by atoms with Crippen LogP contribution in [0.25, 0.3) is 0 Å². The molecule has 3 rings (SSSR count). The summed E-state index contributed by atoms with van der Waals surface area (Å²) in [6, 6.07) is 3.39. The highest BCUT2D eigenvalue weighted by Gasteiger charge is 2.25. The molecular formula is C14H14N4O3. The second-order valence-corrected chi connectivity index (χ2v) is 4.93. The lowest BCUT2D eigenvalue weighted by atomic mass is 10.2. The van der Waals surface area contributed by atoms with Gasteiger partial charge in [0.25, 0.3) is 5.56 Å². The summed E-state index contributed by atoms with van der Waals surface area (Å²) in [5, 5.41) is 11.7. The number of pyridine rings is 1. The van der Waals surface area contributed by atoms with Gasteiger partial charge in [0, 0.05) is 31.2 Å². The first-order valence-electron chi connectivity index (χ1n) is 6.64. The molecule has 2 aromatic rings. The summed E-state index contributed by atoms with van der Waals surface area (Å²) >= 11 is 0. The highest BCUT2D eigenvalue weighted by Crippen LogP contribution is 2.33. The molecule has 7 heteroatoms. The van der Waals surface area contributed by atoms with E-state index in [2.05, 4.69) is 15.3 Å². The van der Waals surface area contributed by atoms with Crippen molar-refractivity contribution >= 4 is 11.8 Å². The predicted molar refractivity (Wildman–Crippen MR) is 75.3 cm³/mol. The van der Waals surface area contributed by atoms with Gasteiger partial charge in [-0.25, -0.2) is 14.8 Å². The summed E-state index contributed by atoms with van der Waals surface area (Å²) in [5.41, 5.74) is 0.644. The summed E-state index contributed by atoms with van der Waals surface area (Å²) in [4.78, 5) is 30.7. The molecule has 0 spiro atoms. The lowest BCUT2D eigenvalue weighted by Crippen LogP contribution is -2.23. The number of nitrogens with zero attached hydrogens (tertiary/aromatic N) is 3. The van der Waals surface area contributed by atoms with Crippen LogP contribution in [0.5, 0.6) is 0 Å². The van der Waals surface area contributed by atoms with E-state index >= 15 is 0 Å². The highest BCUT2D eigenvalue weighted by atomic mass is 16.4. The van der Waals surface area contributed by atoms with Crippen LogP contribution < -0.4 is 10.9 Å². The molecular weight excluding hydrogens is 272 g/mol. The Bertz CT molecular complexity index is 720. The SMILES string of the molecule is O=C(O)c1ccc(CNc2nccn(C3CC3)c2=O)cn1. The van der Waals surface area contributed by atoms with Crippen LogP contribution >= 0.6 is 0 Å². The van der Waals surface area contributed by atoms with Crippen LogP contribution in [-0.2, 0) is 6.54 Å². The van der Waals surface area contributed by atoms with Crippen molar-refractivity contribution in [3.8, 4) is 0 Å². The van der Waals surface area contributed by atoms with Gasteiger partial charge in [-0.05, 0) is 24.5 Å². The quantitative estimate of drug-likeness (QED) is 0.859. The zero-order valence-electron chi connectivity index (χ0n) is 11.2. The highest BCUT2D eigenvalue weighted by molar-refractivity contribution is 5.85. The molecule has 1 aliphatic rings. The molecule has 2 aromatic heterocycles. The second kappa shape index (κ2) is 5.35. The zero-order chi connectivity index (χ0) is 14.8. The number of aromatic nitrogens is 3. The smallest absolute Gasteiger partial charge is 0.354 e. The van der Waals surface area contributed by atoms with Gasteiger partial charge in [-0.2, -0.15) is 0 Å². The summed E-state index contributed by atoms with van der Waals surface area (Å²) in [6.07, 6.45) is 6.84. The Morgan fingerprint density at radius 3 is 2.81 bits per heavy atom. The van der Waals surface area contributed by atoms with Crippen molar-refractivity contribution in [3.63, 3.8) is 0 Å². The normalized spacial score (nSPS) is 13.9. The maximum absolute atomic E-state index is 12.2. The third-order valence-corrected chi connectivity index (χ3v) is 3.31. The molecule has 0 amide bonds. The minimum atomic E-state index is -1.06. The van der Waals surface area contributed by atoms with Gasteiger partial charge in [0.1, 0.15) is 5.69 Å². The van der Waals surface area contributed by atoms with E-state index in [4.69, 9.17) is 5.11 Å². The Balaban J connectivity index is 1.71. The second-order valence-electron chi connectivity index (χ2n) is 4.93. The van der Waals surface area contributed by atoms with Crippen LogP contribution in [0.3, 0.4) is 0 Å². The van der Waals surface area contributed by atoms with Gasteiger partial charge in [0.05, 0.1) is 0 Å². The van der Waals surface area contributed by atoms with E-state index in [1.54, 1.807) is 23.0 Å². The molecule has 0 radical (unpaired) electrons. The average molecular weight is 286 g/mol. The van der Waals surface area contributed by atoms with Crippen molar-refractivity contribution in [1.29, 1.82) is 0 Å². The van der Waals surface area contributed by atoms with Crippen molar-refractivity contribution in [2.75, 3.05) is 5.32 Å². The fraction of sp³-hybridized carbons (Fsp3) is 0.286. The summed E-state index contributed by atoms with van der Waals surface area (Å²) in [5.74, 6) is -0.765. The molecule has 1 saturated carbocycles. The number of hydrogen-bond acceptors (Lipinski definition) is 5. The van der Waals surface area contributed by atoms with E-state index < -0.39 is 5.97 Å². The molecule has 7 nitrogen and oxygen atoms in total. The van der Waals surface area contributed by atoms with Crippen molar-refractivity contribution in [1.82, 2.24) is 14.5 Å².